The minimum absolute atomic E-state index is 0.219. The minimum Gasteiger partial charge on any atom is -0.324 e. The van der Waals surface area contributed by atoms with Crippen LogP contribution in [0.4, 0.5) is 4.39 Å². The van der Waals surface area contributed by atoms with Gasteiger partial charge in [0.25, 0.3) is 0 Å². The van der Waals surface area contributed by atoms with E-state index in [1.165, 1.54) is 11.8 Å². The molecule has 1 rings (SSSR count). The summed E-state index contributed by atoms with van der Waals surface area (Å²) >= 11 is 1.20. The highest BCUT2D eigenvalue weighted by atomic mass is 32.2. The molecule has 0 aliphatic carbocycles. The van der Waals surface area contributed by atoms with E-state index in [0.717, 1.165) is 11.3 Å². The van der Waals surface area contributed by atoms with Crippen molar-refractivity contribution in [2.45, 2.75) is 36.7 Å². The Labute approximate surface area is 95.2 Å². The molecule has 1 aromatic rings. The fourth-order valence-electron chi connectivity index (χ4n) is 1.24. The van der Waals surface area contributed by atoms with Crippen LogP contribution in [0.1, 0.15) is 20.3 Å². The van der Waals surface area contributed by atoms with Crippen molar-refractivity contribution in [3.05, 3.63) is 30.3 Å². The maximum Gasteiger partial charge on any atom is 0.165 e. The molecular formula is C12H18FNS. The maximum atomic E-state index is 13.8. The van der Waals surface area contributed by atoms with Crippen LogP contribution < -0.4 is 5.73 Å². The Morgan fingerprint density at radius 2 is 1.93 bits per heavy atom. The summed E-state index contributed by atoms with van der Waals surface area (Å²) in [6, 6.07) is 9.15. The number of rotatable bonds is 5. The summed E-state index contributed by atoms with van der Waals surface area (Å²) in [6.45, 7) is 4.02. The Morgan fingerprint density at radius 3 is 2.47 bits per heavy atom. The third-order valence-electron chi connectivity index (χ3n) is 2.60. The largest absolute Gasteiger partial charge is 0.324 e. The molecule has 0 saturated heterocycles. The van der Waals surface area contributed by atoms with Crippen LogP contribution in [0.2, 0.25) is 0 Å². The van der Waals surface area contributed by atoms with Gasteiger partial charge in [0, 0.05) is 10.9 Å². The van der Waals surface area contributed by atoms with Gasteiger partial charge in [-0.2, -0.15) is 0 Å². The van der Waals surface area contributed by atoms with Crippen LogP contribution in [-0.2, 0) is 0 Å². The lowest BCUT2D eigenvalue weighted by atomic mass is 10.0. The highest BCUT2D eigenvalue weighted by Crippen LogP contribution is 2.28. The summed E-state index contributed by atoms with van der Waals surface area (Å²) in [5.74, 6) is 0.219. The molecule has 0 spiro atoms. The first-order valence-electron chi connectivity index (χ1n) is 5.26. The lowest BCUT2D eigenvalue weighted by molar-refractivity contribution is 0.313. The van der Waals surface area contributed by atoms with Crippen molar-refractivity contribution in [1.29, 1.82) is 0 Å². The van der Waals surface area contributed by atoms with Gasteiger partial charge in [0.1, 0.15) is 0 Å². The molecule has 3 atom stereocenters. The standard InChI is InChI=1S/C12H18FNS/c1-3-9(2)11(14)12(13)15-10-7-5-4-6-8-10/h4-9,11-12H,3,14H2,1-2H3/t9?,11-,12?/m0/s1. The van der Waals surface area contributed by atoms with Crippen molar-refractivity contribution in [3.8, 4) is 0 Å². The molecule has 0 aliphatic rings. The third-order valence-corrected chi connectivity index (χ3v) is 3.68. The van der Waals surface area contributed by atoms with Crippen LogP contribution in [0.15, 0.2) is 35.2 Å². The van der Waals surface area contributed by atoms with Crippen molar-refractivity contribution in [2.24, 2.45) is 11.7 Å². The first-order chi connectivity index (χ1) is 7.15. The maximum absolute atomic E-state index is 13.8. The zero-order chi connectivity index (χ0) is 11.3. The molecule has 0 aliphatic heterocycles. The molecule has 2 N–H and O–H groups in total. The fourth-order valence-corrected chi connectivity index (χ4v) is 2.24. The normalized spacial score (nSPS) is 17.1. The Kier molecular flexibility index (Phi) is 5.12. The van der Waals surface area contributed by atoms with Crippen LogP contribution >= 0.6 is 11.8 Å². The molecule has 3 heteroatoms. The van der Waals surface area contributed by atoms with Gasteiger partial charge in [-0.15, -0.1) is 0 Å². The molecule has 15 heavy (non-hydrogen) atoms. The molecule has 0 amide bonds. The van der Waals surface area contributed by atoms with Crippen molar-refractivity contribution in [1.82, 2.24) is 0 Å². The zero-order valence-corrected chi connectivity index (χ0v) is 10.0. The Morgan fingerprint density at radius 1 is 1.33 bits per heavy atom. The average molecular weight is 227 g/mol. The van der Waals surface area contributed by atoms with Crippen molar-refractivity contribution in [3.63, 3.8) is 0 Å². The van der Waals surface area contributed by atoms with Gasteiger partial charge in [0.2, 0.25) is 0 Å². The van der Waals surface area contributed by atoms with Crippen LogP contribution in [0.25, 0.3) is 0 Å². The van der Waals surface area contributed by atoms with Gasteiger partial charge in [-0.25, -0.2) is 4.39 Å². The summed E-state index contributed by atoms with van der Waals surface area (Å²) in [5.41, 5.74) is 4.80. The second-order valence-electron chi connectivity index (χ2n) is 3.74. The number of halogens is 1. The third kappa shape index (κ3) is 3.84. The van der Waals surface area contributed by atoms with Gasteiger partial charge >= 0.3 is 0 Å². The van der Waals surface area contributed by atoms with E-state index < -0.39 is 5.50 Å². The summed E-state index contributed by atoms with van der Waals surface area (Å²) < 4.78 is 13.8. The smallest absolute Gasteiger partial charge is 0.165 e. The molecule has 0 saturated carbocycles. The number of hydrogen-bond donors (Lipinski definition) is 1. The Bertz CT molecular complexity index is 278. The molecule has 1 nitrogen and oxygen atoms in total. The zero-order valence-electron chi connectivity index (χ0n) is 9.19. The van der Waals surface area contributed by atoms with Gasteiger partial charge in [-0.3, -0.25) is 0 Å². The SMILES string of the molecule is CCC(C)[C@H](N)C(F)Sc1ccccc1. The second kappa shape index (κ2) is 6.13. The van der Waals surface area contributed by atoms with Crippen molar-refractivity contribution < 1.29 is 4.39 Å². The molecule has 1 aromatic carbocycles. The van der Waals surface area contributed by atoms with E-state index in [0.29, 0.717) is 0 Å². The first-order valence-corrected chi connectivity index (χ1v) is 6.14. The number of benzene rings is 1. The predicted molar refractivity (Wildman–Crippen MR) is 64.6 cm³/mol. The summed E-state index contributed by atoms with van der Waals surface area (Å²) in [6.07, 6.45) is 0.914. The van der Waals surface area contributed by atoms with Gasteiger partial charge in [-0.05, 0) is 18.1 Å². The van der Waals surface area contributed by atoms with Crippen molar-refractivity contribution in [2.75, 3.05) is 0 Å². The molecule has 0 bridgehead atoms. The highest BCUT2D eigenvalue weighted by Gasteiger charge is 2.22. The molecule has 0 fully saturated rings. The molecule has 0 heterocycles. The molecule has 2 unspecified atom stereocenters. The first kappa shape index (κ1) is 12.5. The number of nitrogens with two attached hydrogens (primary N) is 1. The lowest BCUT2D eigenvalue weighted by Gasteiger charge is -2.21. The Hall–Kier alpha value is -0.540. The van der Waals surface area contributed by atoms with E-state index >= 15 is 0 Å². The lowest BCUT2D eigenvalue weighted by Crippen LogP contribution is -2.35. The highest BCUT2D eigenvalue weighted by molar-refractivity contribution is 7.99. The van der Waals surface area contributed by atoms with Crippen LogP contribution in [0, 0.1) is 5.92 Å². The van der Waals surface area contributed by atoms with Crippen LogP contribution in [0.3, 0.4) is 0 Å². The topological polar surface area (TPSA) is 26.0 Å². The second-order valence-corrected chi connectivity index (χ2v) is 4.90. The number of alkyl halides is 1. The summed E-state index contributed by atoms with van der Waals surface area (Å²) in [4.78, 5) is 0.934. The monoisotopic (exact) mass is 227 g/mol. The van der Waals surface area contributed by atoms with Crippen LogP contribution in [-0.4, -0.2) is 11.5 Å². The van der Waals surface area contributed by atoms with Crippen LogP contribution in [0.5, 0.6) is 0 Å². The van der Waals surface area contributed by atoms with E-state index in [1.54, 1.807) is 0 Å². The van der Waals surface area contributed by atoms with Gasteiger partial charge < -0.3 is 5.73 Å². The minimum atomic E-state index is -1.03. The molecule has 0 radical (unpaired) electrons. The van der Waals surface area contributed by atoms with E-state index in [-0.39, 0.29) is 12.0 Å². The molecule has 84 valence electrons. The van der Waals surface area contributed by atoms with E-state index in [2.05, 4.69) is 0 Å². The summed E-state index contributed by atoms with van der Waals surface area (Å²) in [5, 5.41) is 0. The predicted octanol–water partition coefficient (Wildman–Crippen LogP) is 3.45. The molecular weight excluding hydrogens is 209 g/mol. The van der Waals surface area contributed by atoms with E-state index in [1.807, 2.05) is 44.2 Å². The van der Waals surface area contributed by atoms with E-state index in [4.69, 9.17) is 5.73 Å². The number of hydrogen-bond acceptors (Lipinski definition) is 2. The van der Waals surface area contributed by atoms with E-state index in [9.17, 15) is 4.39 Å². The fraction of sp³-hybridized carbons (Fsp3) is 0.500. The quantitative estimate of drug-likeness (QED) is 0.780. The van der Waals surface area contributed by atoms with Gasteiger partial charge in [-0.1, -0.05) is 50.2 Å². The van der Waals surface area contributed by atoms with Gasteiger partial charge in [0.15, 0.2) is 5.50 Å². The van der Waals surface area contributed by atoms with Crippen molar-refractivity contribution >= 4 is 11.8 Å². The Balaban J connectivity index is 2.52. The average Bonchev–Trinajstić information content (AvgIpc) is 2.28. The summed E-state index contributed by atoms with van der Waals surface area (Å²) in [7, 11) is 0. The number of thioether (sulfide) groups is 1. The van der Waals surface area contributed by atoms with Gasteiger partial charge in [0.05, 0.1) is 0 Å². The molecule has 0 aromatic heterocycles.